The minimum Gasteiger partial charge on any atom is -0.493 e. The van der Waals surface area contributed by atoms with Gasteiger partial charge >= 0.3 is 5.97 Å². The Labute approximate surface area is 135 Å². The summed E-state index contributed by atoms with van der Waals surface area (Å²) in [4.78, 5) is 24.4. The zero-order chi connectivity index (χ0) is 16.8. The molecule has 0 aliphatic heterocycles. The summed E-state index contributed by atoms with van der Waals surface area (Å²) in [5, 5.41) is 8.90. The summed E-state index contributed by atoms with van der Waals surface area (Å²) in [6, 6.07) is 5.47. The summed E-state index contributed by atoms with van der Waals surface area (Å²) in [6.45, 7) is 3.19. The van der Waals surface area contributed by atoms with Crippen LogP contribution in [0.1, 0.15) is 18.4 Å². The highest BCUT2D eigenvalue weighted by Crippen LogP contribution is 2.29. The van der Waals surface area contributed by atoms with E-state index in [4.69, 9.17) is 14.6 Å². The molecule has 0 atom stereocenters. The zero-order valence-corrected chi connectivity index (χ0v) is 13.2. The van der Waals surface area contributed by atoms with Crippen molar-refractivity contribution in [1.29, 1.82) is 0 Å². The molecule has 1 fully saturated rings. The molecule has 0 saturated heterocycles. The van der Waals surface area contributed by atoms with E-state index >= 15 is 0 Å². The summed E-state index contributed by atoms with van der Waals surface area (Å²) < 4.78 is 10.8. The highest BCUT2D eigenvalue weighted by Gasteiger charge is 2.34. The molecule has 1 aliphatic rings. The smallest absolute Gasteiger partial charge is 0.323 e. The van der Waals surface area contributed by atoms with Gasteiger partial charge in [0, 0.05) is 6.04 Å². The van der Waals surface area contributed by atoms with Gasteiger partial charge in [-0.1, -0.05) is 12.1 Å². The molecule has 0 unspecified atom stereocenters. The second-order valence-corrected chi connectivity index (χ2v) is 5.41. The standard InChI is InChI=1S/C17H21NO5/c1-3-4-12-5-8-14(15(9-12)22-2)23-11-16(19)18(10-17(20)21)13-6-7-13/h3,5,8-9,13H,1,4,6-7,10-11H2,2H3,(H,20,21). The van der Waals surface area contributed by atoms with Gasteiger partial charge in [0.25, 0.3) is 5.91 Å². The third-order valence-electron chi connectivity index (χ3n) is 3.57. The number of nitrogens with zero attached hydrogens (tertiary/aromatic N) is 1. The normalized spacial score (nSPS) is 13.3. The summed E-state index contributed by atoms with van der Waals surface area (Å²) >= 11 is 0. The maximum atomic E-state index is 12.2. The van der Waals surface area contributed by atoms with Gasteiger partial charge < -0.3 is 19.5 Å². The Hall–Kier alpha value is -2.50. The Bertz CT molecular complexity index is 595. The molecule has 0 spiro atoms. The van der Waals surface area contributed by atoms with Crippen LogP contribution in [-0.4, -0.2) is 48.2 Å². The molecule has 0 aromatic heterocycles. The SMILES string of the molecule is C=CCc1ccc(OCC(=O)N(CC(=O)O)C2CC2)c(OC)c1. The predicted molar refractivity (Wildman–Crippen MR) is 84.8 cm³/mol. The fraction of sp³-hybridized carbons (Fsp3) is 0.412. The van der Waals surface area contributed by atoms with Crippen molar-refractivity contribution in [1.82, 2.24) is 4.90 Å². The number of aliphatic carboxylic acids is 1. The van der Waals surface area contributed by atoms with Gasteiger partial charge in [-0.05, 0) is 37.0 Å². The Morgan fingerprint density at radius 2 is 2.13 bits per heavy atom. The van der Waals surface area contributed by atoms with Gasteiger partial charge in [-0.15, -0.1) is 6.58 Å². The lowest BCUT2D eigenvalue weighted by atomic mass is 10.1. The van der Waals surface area contributed by atoms with Gasteiger partial charge in [0.1, 0.15) is 6.54 Å². The number of methoxy groups -OCH3 is 1. The molecule has 1 amide bonds. The number of carbonyl (C=O) groups excluding carboxylic acids is 1. The lowest BCUT2D eigenvalue weighted by molar-refractivity contribution is -0.145. The van der Waals surface area contributed by atoms with Crippen LogP contribution in [0.4, 0.5) is 0 Å². The van der Waals surface area contributed by atoms with E-state index in [2.05, 4.69) is 6.58 Å². The van der Waals surface area contributed by atoms with Crippen molar-refractivity contribution in [2.24, 2.45) is 0 Å². The number of allylic oxidation sites excluding steroid dienone is 1. The predicted octanol–water partition coefficient (Wildman–Crippen LogP) is 1.88. The van der Waals surface area contributed by atoms with Crippen molar-refractivity contribution >= 4 is 11.9 Å². The molecule has 6 nitrogen and oxygen atoms in total. The van der Waals surface area contributed by atoms with Crippen LogP contribution in [0.5, 0.6) is 11.5 Å². The molecule has 1 aromatic rings. The Morgan fingerprint density at radius 1 is 1.39 bits per heavy atom. The third kappa shape index (κ3) is 4.74. The molecule has 23 heavy (non-hydrogen) atoms. The number of amides is 1. The fourth-order valence-electron chi connectivity index (χ4n) is 2.30. The van der Waals surface area contributed by atoms with E-state index in [-0.39, 0.29) is 25.1 Å². The Balaban J connectivity index is 2.00. The molecule has 0 heterocycles. The average molecular weight is 319 g/mol. The number of ether oxygens (including phenoxy) is 2. The number of hydrogen-bond acceptors (Lipinski definition) is 4. The van der Waals surface area contributed by atoms with Crippen LogP contribution in [0.2, 0.25) is 0 Å². The minimum absolute atomic E-state index is 0.0269. The second kappa shape index (κ2) is 7.67. The van der Waals surface area contributed by atoms with Gasteiger partial charge in [0.15, 0.2) is 18.1 Å². The Kier molecular flexibility index (Phi) is 5.62. The van der Waals surface area contributed by atoms with Gasteiger partial charge in [0.2, 0.25) is 0 Å². The van der Waals surface area contributed by atoms with E-state index in [9.17, 15) is 9.59 Å². The van der Waals surface area contributed by atoms with Crippen molar-refractivity contribution in [3.8, 4) is 11.5 Å². The molecule has 124 valence electrons. The molecule has 1 aliphatic carbocycles. The number of benzene rings is 1. The fourth-order valence-corrected chi connectivity index (χ4v) is 2.30. The van der Waals surface area contributed by atoms with E-state index in [0.29, 0.717) is 17.9 Å². The molecule has 1 N–H and O–H groups in total. The lowest BCUT2D eigenvalue weighted by Gasteiger charge is -2.20. The van der Waals surface area contributed by atoms with E-state index in [0.717, 1.165) is 18.4 Å². The van der Waals surface area contributed by atoms with Crippen LogP contribution in [0.25, 0.3) is 0 Å². The van der Waals surface area contributed by atoms with Gasteiger partial charge in [0.05, 0.1) is 7.11 Å². The zero-order valence-electron chi connectivity index (χ0n) is 13.2. The van der Waals surface area contributed by atoms with Crippen molar-refractivity contribution in [2.75, 3.05) is 20.3 Å². The van der Waals surface area contributed by atoms with Crippen LogP contribution < -0.4 is 9.47 Å². The van der Waals surface area contributed by atoms with Crippen LogP contribution in [0.15, 0.2) is 30.9 Å². The number of carboxylic acid groups (broad SMARTS) is 1. The topological polar surface area (TPSA) is 76.1 Å². The summed E-state index contributed by atoms with van der Waals surface area (Å²) in [5.41, 5.74) is 1.03. The molecule has 1 saturated carbocycles. The van der Waals surface area contributed by atoms with Gasteiger partial charge in [-0.3, -0.25) is 9.59 Å². The minimum atomic E-state index is -1.02. The maximum absolute atomic E-state index is 12.2. The van der Waals surface area contributed by atoms with Crippen molar-refractivity contribution in [3.05, 3.63) is 36.4 Å². The van der Waals surface area contributed by atoms with Crippen LogP contribution in [-0.2, 0) is 16.0 Å². The Morgan fingerprint density at radius 3 is 2.70 bits per heavy atom. The first-order chi connectivity index (χ1) is 11.0. The van der Waals surface area contributed by atoms with E-state index < -0.39 is 5.97 Å². The molecule has 2 rings (SSSR count). The van der Waals surface area contributed by atoms with E-state index in [1.807, 2.05) is 12.1 Å². The van der Waals surface area contributed by atoms with Crippen LogP contribution >= 0.6 is 0 Å². The highest BCUT2D eigenvalue weighted by atomic mass is 16.5. The molecular formula is C17H21NO5. The summed E-state index contributed by atoms with van der Waals surface area (Å²) in [5.74, 6) is -0.350. The first kappa shape index (κ1) is 16.9. The summed E-state index contributed by atoms with van der Waals surface area (Å²) in [6.07, 6.45) is 4.19. The van der Waals surface area contributed by atoms with Crippen LogP contribution in [0, 0.1) is 0 Å². The molecule has 0 bridgehead atoms. The lowest BCUT2D eigenvalue weighted by Crippen LogP contribution is -2.40. The van der Waals surface area contributed by atoms with Gasteiger partial charge in [-0.2, -0.15) is 0 Å². The van der Waals surface area contributed by atoms with Crippen molar-refractivity contribution < 1.29 is 24.2 Å². The van der Waals surface area contributed by atoms with Gasteiger partial charge in [-0.25, -0.2) is 0 Å². The van der Waals surface area contributed by atoms with Crippen molar-refractivity contribution in [3.63, 3.8) is 0 Å². The number of rotatable bonds is 9. The number of carbonyl (C=O) groups is 2. The third-order valence-corrected chi connectivity index (χ3v) is 3.57. The monoisotopic (exact) mass is 319 g/mol. The van der Waals surface area contributed by atoms with Crippen LogP contribution in [0.3, 0.4) is 0 Å². The largest absolute Gasteiger partial charge is 0.493 e. The molecule has 1 aromatic carbocycles. The second-order valence-electron chi connectivity index (χ2n) is 5.41. The first-order valence-electron chi connectivity index (χ1n) is 7.47. The van der Waals surface area contributed by atoms with Crippen molar-refractivity contribution in [2.45, 2.75) is 25.3 Å². The summed E-state index contributed by atoms with van der Waals surface area (Å²) in [7, 11) is 1.53. The highest BCUT2D eigenvalue weighted by molar-refractivity contribution is 5.83. The maximum Gasteiger partial charge on any atom is 0.323 e. The van der Waals surface area contributed by atoms with E-state index in [1.54, 1.807) is 12.1 Å². The molecule has 0 radical (unpaired) electrons. The number of hydrogen-bond donors (Lipinski definition) is 1. The quantitative estimate of drug-likeness (QED) is 0.703. The molecular weight excluding hydrogens is 298 g/mol. The van der Waals surface area contributed by atoms with E-state index in [1.165, 1.54) is 12.0 Å². The average Bonchev–Trinajstić information content (AvgIpc) is 3.35. The number of carboxylic acids is 1. The molecule has 6 heteroatoms. The first-order valence-corrected chi connectivity index (χ1v) is 7.47.